The van der Waals surface area contributed by atoms with E-state index in [0.717, 1.165) is 0 Å². The summed E-state index contributed by atoms with van der Waals surface area (Å²) in [5.74, 6) is 1.36. The molecule has 0 radical (unpaired) electrons. The highest BCUT2D eigenvalue weighted by atomic mass is 32.2. The van der Waals surface area contributed by atoms with Crippen molar-refractivity contribution in [2.24, 2.45) is 11.8 Å². The molecule has 1 aliphatic rings. The Bertz CT molecular complexity index is 260. The van der Waals surface area contributed by atoms with E-state index in [1.54, 1.807) is 0 Å². The van der Waals surface area contributed by atoms with Crippen molar-refractivity contribution in [1.82, 2.24) is 5.32 Å². The van der Waals surface area contributed by atoms with E-state index >= 15 is 0 Å². The third kappa shape index (κ3) is 2.95. The topological polar surface area (TPSA) is 46.2 Å². The van der Waals surface area contributed by atoms with E-state index in [9.17, 15) is 8.42 Å². The molecule has 4 heteroatoms. The lowest BCUT2D eigenvalue weighted by atomic mass is 10.0. The minimum atomic E-state index is -2.83. The number of nitrogens with one attached hydrogen (secondary N) is 1. The summed E-state index contributed by atoms with van der Waals surface area (Å²) >= 11 is 0. The van der Waals surface area contributed by atoms with Crippen LogP contribution in [-0.4, -0.2) is 32.0 Å². The van der Waals surface area contributed by atoms with Gasteiger partial charge in [-0.25, -0.2) is 8.42 Å². The van der Waals surface area contributed by atoms with Gasteiger partial charge in [0, 0.05) is 12.1 Å². The summed E-state index contributed by atoms with van der Waals surface area (Å²) in [5, 5.41) is 3.43. The second kappa shape index (κ2) is 4.19. The van der Waals surface area contributed by atoms with Gasteiger partial charge in [-0.1, -0.05) is 27.7 Å². The van der Waals surface area contributed by atoms with E-state index in [1.165, 1.54) is 0 Å². The van der Waals surface area contributed by atoms with Crippen LogP contribution in [0.2, 0.25) is 0 Å². The van der Waals surface area contributed by atoms with E-state index in [-0.39, 0.29) is 12.1 Å². The van der Waals surface area contributed by atoms with Gasteiger partial charge >= 0.3 is 0 Å². The molecule has 1 saturated heterocycles. The third-order valence-corrected chi connectivity index (χ3v) is 4.64. The summed E-state index contributed by atoms with van der Waals surface area (Å²) in [5.41, 5.74) is 0. The van der Waals surface area contributed by atoms with Gasteiger partial charge in [-0.3, -0.25) is 0 Å². The molecular weight excluding hydrogens is 198 g/mol. The molecule has 0 aromatic rings. The van der Waals surface area contributed by atoms with Crippen molar-refractivity contribution >= 4 is 9.84 Å². The fourth-order valence-corrected chi connectivity index (χ4v) is 3.95. The highest BCUT2D eigenvalue weighted by molar-refractivity contribution is 7.91. The molecule has 0 aromatic carbocycles. The van der Waals surface area contributed by atoms with Crippen LogP contribution < -0.4 is 5.32 Å². The lowest BCUT2D eigenvalue weighted by Gasteiger charge is -2.35. The van der Waals surface area contributed by atoms with Gasteiger partial charge < -0.3 is 5.32 Å². The fourth-order valence-electron chi connectivity index (χ4n) is 1.76. The maximum atomic E-state index is 11.6. The second-order valence-corrected chi connectivity index (χ2v) is 7.10. The third-order valence-electron chi connectivity index (χ3n) is 2.90. The van der Waals surface area contributed by atoms with Gasteiger partial charge in [0.1, 0.15) is 0 Å². The van der Waals surface area contributed by atoms with Crippen molar-refractivity contribution < 1.29 is 8.42 Å². The van der Waals surface area contributed by atoms with Crippen molar-refractivity contribution in [2.45, 2.75) is 39.8 Å². The van der Waals surface area contributed by atoms with Crippen LogP contribution in [0, 0.1) is 11.8 Å². The molecular formula is C10H21NO2S. The second-order valence-electron chi connectivity index (χ2n) is 4.94. The molecule has 0 aromatic heterocycles. The van der Waals surface area contributed by atoms with Gasteiger partial charge in [-0.05, 0) is 11.8 Å². The Morgan fingerprint density at radius 3 is 1.64 bits per heavy atom. The first-order valence-corrected chi connectivity index (χ1v) is 7.10. The molecule has 1 rings (SSSR count). The quantitative estimate of drug-likeness (QED) is 0.755. The lowest BCUT2D eigenvalue weighted by Crippen LogP contribution is -2.55. The van der Waals surface area contributed by atoms with Crippen LogP contribution in [0.4, 0.5) is 0 Å². The lowest BCUT2D eigenvalue weighted by molar-refractivity contribution is 0.322. The first-order valence-electron chi connectivity index (χ1n) is 5.28. The Hall–Kier alpha value is -0.0900. The zero-order valence-electron chi connectivity index (χ0n) is 9.45. The summed E-state index contributed by atoms with van der Waals surface area (Å²) in [4.78, 5) is 0. The Labute approximate surface area is 87.2 Å². The molecule has 3 nitrogen and oxygen atoms in total. The molecule has 1 heterocycles. The Kier molecular flexibility index (Phi) is 3.58. The fraction of sp³-hybridized carbons (Fsp3) is 1.00. The predicted molar refractivity (Wildman–Crippen MR) is 59.0 cm³/mol. The number of rotatable bonds is 2. The zero-order valence-corrected chi connectivity index (χ0v) is 10.3. The number of hydrogen-bond donors (Lipinski definition) is 1. The van der Waals surface area contributed by atoms with E-state index in [1.807, 2.05) is 0 Å². The summed E-state index contributed by atoms with van der Waals surface area (Å²) < 4.78 is 23.3. The molecule has 84 valence electrons. The molecule has 14 heavy (non-hydrogen) atoms. The first kappa shape index (κ1) is 12.0. The SMILES string of the molecule is CC(C)[C@@H]1CS(=O)(=O)C[C@@H](C(C)C)N1. The summed E-state index contributed by atoms with van der Waals surface area (Å²) in [7, 11) is -2.83. The van der Waals surface area contributed by atoms with Gasteiger partial charge in [0.15, 0.2) is 9.84 Å². The van der Waals surface area contributed by atoms with Gasteiger partial charge in [0.05, 0.1) is 11.5 Å². The molecule has 0 amide bonds. The van der Waals surface area contributed by atoms with Crippen LogP contribution in [0.25, 0.3) is 0 Å². The van der Waals surface area contributed by atoms with Crippen molar-refractivity contribution in [2.75, 3.05) is 11.5 Å². The predicted octanol–water partition coefficient (Wildman–Crippen LogP) is 1.05. The standard InChI is InChI=1S/C10H21NO2S/c1-7(2)9-5-14(12,13)6-10(11-9)8(3)4/h7-11H,5-6H2,1-4H3/t9-,10-/m0/s1. The Balaban J connectivity index is 2.77. The van der Waals surface area contributed by atoms with E-state index in [2.05, 4.69) is 33.0 Å². The summed E-state index contributed by atoms with van der Waals surface area (Å²) in [6, 6.07) is 0.252. The Morgan fingerprint density at radius 2 is 1.36 bits per heavy atom. The molecule has 0 bridgehead atoms. The van der Waals surface area contributed by atoms with Gasteiger partial charge in [-0.2, -0.15) is 0 Å². The molecule has 0 saturated carbocycles. The smallest absolute Gasteiger partial charge is 0.153 e. The maximum absolute atomic E-state index is 11.6. The molecule has 1 fully saturated rings. The largest absolute Gasteiger partial charge is 0.309 e. The van der Waals surface area contributed by atoms with Crippen LogP contribution in [0.5, 0.6) is 0 Å². The van der Waals surface area contributed by atoms with Crippen LogP contribution in [0.1, 0.15) is 27.7 Å². The normalized spacial score (nSPS) is 32.4. The Morgan fingerprint density at radius 1 is 1.00 bits per heavy atom. The van der Waals surface area contributed by atoms with Crippen molar-refractivity contribution in [3.8, 4) is 0 Å². The summed E-state index contributed by atoms with van der Waals surface area (Å²) in [6.45, 7) is 8.26. The van der Waals surface area contributed by atoms with Crippen molar-refractivity contribution in [1.29, 1.82) is 0 Å². The molecule has 0 spiro atoms. The molecule has 1 aliphatic heterocycles. The summed E-state index contributed by atoms with van der Waals surface area (Å²) in [6.07, 6.45) is 0. The molecule has 1 N–H and O–H groups in total. The van der Waals surface area contributed by atoms with E-state index in [4.69, 9.17) is 0 Å². The van der Waals surface area contributed by atoms with Gasteiger partial charge in [-0.15, -0.1) is 0 Å². The highest BCUT2D eigenvalue weighted by Gasteiger charge is 2.33. The maximum Gasteiger partial charge on any atom is 0.153 e. The zero-order chi connectivity index (χ0) is 10.9. The van der Waals surface area contributed by atoms with Crippen molar-refractivity contribution in [3.63, 3.8) is 0 Å². The van der Waals surface area contributed by atoms with Gasteiger partial charge in [0.2, 0.25) is 0 Å². The van der Waals surface area contributed by atoms with Crippen LogP contribution in [0.15, 0.2) is 0 Å². The van der Waals surface area contributed by atoms with Crippen LogP contribution in [-0.2, 0) is 9.84 Å². The minimum Gasteiger partial charge on any atom is -0.309 e. The molecule has 2 atom stereocenters. The van der Waals surface area contributed by atoms with Crippen LogP contribution in [0.3, 0.4) is 0 Å². The number of sulfone groups is 1. The van der Waals surface area contributed by atoms with Gasteiger partial charge in [0.25, 0.3) is 0 Å². The molecule has 0 aliphatic carbocycles. The van der Waals surface area contributed by atoms with E-state index < -0.39 is 9.84 Å². The van der Waals surface area contributed by atoms with E-state index in [0.29, 0.717) is 23.3 Å². The molecule has 0 unspecified atom stereocenters. The van der Waals surface area contributed by atoms with Crippen molar-refractivity contribution in [3.05, 3.63) is 0 Å². The monoisotopic (exact) mass is 219 g/mol. The number of hydrogen-bond acceptors (Lipinski definition) is 3. The van der Waals surface area contributed by atoms with Crippen LogP contribution >= 0.6 is 0 Å². The average molecular weight is 219 g/mol. The average Bonchev–Trinajstić information content (AvgIpc) is 2.01. The highest BCUT2D eigenvalue weighted by Crippen LogP contribution is 2.17. The minimum absolute atomic E-state index is 0.126. The first-order chi connectivity index (χ1) is 6.32.